The van der Waals surface area contributed by atoms with E-state index in [0.717, 1.165) is 25.2 Å². The molecule has 1 aliphatic heterocycles. The highest BCUT2D eigenvalue weighted by Gasteiger charge is 2.35. The number of piperazine rings is 1. The molecule has 1 N–H and O–H groups in total. The van der Waals surface area contributed by atoms with Crippen LogP contribution in [0, 0.1) is 11.7 Å². The topological polar surface area (TPSA) is 15.3 Å². The normalized spacial score (nSPS) is 24.6. The van der Waals surface area contributed by atoms with E-state index in [1.165, 1.54) is 12.5 Å². The highest BCUT2D eigenvalue weighted by Crippen LogP contribution is 2.24. The van der Waals surface area contributed by atoms with Crippen molar-refractivity contribution in [1.29, 1.82) is 0 Å². The summed E-state index contributed by atoms with van der Waals surface area (Å²) in [4.78, 5) is 2.48. The Labute approximate surface area is 122 Å². The van der Waals surface area contributed by atoms with Crippen LogP contribution in [-0.4, -0.2) is 29.6 Å². The summed E-state index contributed by atoms with van der Waals surface area (Å²) in [5, 5.41) is 3.67. The van der Waals surface area contributed by atoms with Crippen LogP contribution in [0.2, 0.25) is 0 Å². The maximum absolute atomic E-state index is 13.3. The van der Waals surface area contributed by atoms with E-state index in [4.69, 9.17) is 0 Å². The number of hydrogen-bond donors (Lipinski definition) is 1. The van der Waals surface area contributed by atoms with E-state index in [1.807, 2.05) is 6.07 Å². The van der Waals surface area contributed by atoms with Crippen LogP contribution >= 0.6 is 0 Å². The number of halogens is 1. The highest BCUT2D eigenvalue weighted by molar-refractivity contribution is 5.17. The number of hydrogen-bond acceptors (Lipinski definition) is 2. The van der Waals surface area contributed by atoms with Crippen LogP contribution in [0.4, 0.5) is 4.39 Å². The number of rotatable bonds is 4. The summed E-state index contributed by atoms with van der Waals surface area (Å²) >= 11 is 0. The van der Waals surface area contributed by atoms with E-state index < -0.39 is 0 Å². The first-order chi connectivity index (χ1) is 9.42. The van der Waals surface area contributed by atoms with E-state index in [2.05, 4.69) is 37.9 Å². The summed E-state index contributed by atoms with van der Waals surface area (Å²) < 4.78 is 13.3. The second-order valence-corrected chi connectivity index (χ2v) is 6.70. The third kappa shape index (κ3) is 3.58. The maximum atomic E-state index is 13.3. The zero-order valence-corrected chi connectivity index (χ0v) is 13.1. The Balaban J connectivity index is 2.10. The lowest BCUT2D eigenvalue weighted by molar-refractivity contribution is 0.0448. The summed E-state index contributed by atoms with van der Waals surface area (Å²) in [5.41, 5.74) is 1.17. The second kappa shape index (κ2) is 6.23. The fraction of sp³-hybridized carbons (Fsp3) is 0.647. The Morgan fingerprint density at radius 2 is 2.20 bits per heavy atom. The van der Waals surface area contributed by atoms with E-state index >= 15 is 0 Å². The summed E-state index contributed by atoms with van der Waals surface area (Å²) in [7, 11) is 0. The van der Waals surface area contributed by atoms with Crippen LogP contribution in [-0.2, 0) is 6.54 Å². The van der Waals surface area contributed by atoms with Crippen LogP contribution in [0.5, 0.6) is 0 Å². The quantitative estimate of drug-likeness (QED) is 0.908. The molecule has 2 atom stereocenters. The minimum absolute atomic E-state index is 0.107. The maximum Gasteiger partial charge on any atom is 0.123 e. The van der Waals surface area contributed by atoms with Gasteiger partial charge in [0.2, 0.25) is 0 Å². The van der Waals surface area contributed by atoms with Gasteiger partial charge in [0.1, 0.15) is 5.82 Å². The van der Waals surface area contributed by atoms with Gasteiger partial charge in [-0.3, -0.25) is 4.90 Å². The van der Waals surface area contributed by atoms with E-state index in [1.54, 1.807) is 12.1 Å². The fourth-order valence-electron chi connectivity index (χ4n) is 2.84. The van der Waals surface area contributed by atoms with Gasteiger partial charge < -0.3 is 5.32 Å². The lowest BCUT2D eigenvalue weighted by Crippen LogP contribution is -2.62. The van der Waals surface area contributed by atoms with Crippen LogP contribution in [0.1, 0.15) is 39.7 Å². The number of nitrogens with zero attached hydrogens (tertiary/aromatic N) is 1. The zero-order chi connectivity index (χ0) is 14.8. The zero-order valence-electron chi connectivity index (χ0n) is 13.1. The van der Waals surface area contributed by atoms with Gasteiger partial charge in [0, 0.05) is 31.2 Å². The third-order valence-corrected chi connectivity index (χ3v) is 4.66. The SMILES string of the molecule is CCC(C)C1CN(Cc2cccc(F)c2)C(C)(C)CN1. The minimum atomic E-state index is -0.145. The molecule has 0 spiro atoms. The van der Waals surface area contributed by atoms with Gasteiger partial charge in [-0.25, -0.2) is 4.39 Å². The number of nitrogens with one attached hydrogen (secondary N) is 1. The van der Waals surface area contributed by atoms with Crippen molar-refractivity contribution in [2.75, 3.05) is 13.1 Å². The Bertz CT molecular complexity index is 444. The average molecular weight is 278 g/mol. The van der Waals surface area contributed by atoms with Gasteiger partial charge in [-0.05, 0) is 37.5 Å². The Morgan fingerprint density at radius 3 is 2.85 bits per heavy atom. The van der Waals surface area contributed by atoms with E-state index in [-0.39, 0.29) is 11.4 Å². The molecule has 2 rings (SSSR count). The van der Waals surface area contributed by atoms with Crippen molar-refractivity contribution in [3.8, 4) is 0 Å². The third-order valence-electron chi connectivity index (χ3n) is 4.66. The first-order valence-electron chi connectivity index (χ1n) is 7.65. The molecule has 1 saturated heterocycles. The molecule has 1 aliphatic rings. The van der Waals surface area contributed by atoms with Gasteiger partial charge >= 0.3 is 0 Å². The minimum Gasteiger partial charge on any atom is -0.311 e. The largest absolute Gasteiger partial charge is 0.311 e. The molecular weight excluding hydrogens is 251 g/mol. The van der Waals surface area contributed by atoms with Crippen molar-refractivity contribution in [3.05, 3.63) is 35.6 Å². The van der Waals surface area contributed by atoms with Crippen LogP contribution < -0.4 is 5.32 Å². The second-order valence-electron chi connectivity index (χ2n) is 6.70. The Morgan fingerprint density at radius 1 is 1.45 bits per heavy atom. The Hall–Kier alpha value is -0.930. The first kappa shape index (κ1) is 15.5. The summed E-state index contributed by atoms with van der Waals surface area (Å²) in [5.74, 6) is 0.523. The van der Waals surface area contributed by atoms with Crippen molar-refractivity contribution >= 4 is 0 Å². The monoisotopic (exact) mass is 278 g/mol. The Kier molecular flexibility index (Phi) is 4.82. The lowest BCUT2D eigenvalue weighted by Gasteiger charge is -2.47. The summed E-state index contributed by atoms with van der Waals surface area (Å²) in [6.07, 6.45) is 1.19. The van der Waals surface area contributed by atoms with Crippen LogP contribution in [0.15, 0.2) is 24.3 Å². The van der Waals surface area contributed by atoms with E-state index in [9.17, 15) is 4.39 Å². The predicted octanol–water partition coefficient (Wildman–Crippen LogP) is 3.42. The molecule has 3 heteroatoms. The summed E-state index contributed by atoms with van der Waals surface area (Å²) in [6.45, 7) is 11.9. The van der Waals surface area contributed by atoms with E-state index in [0.29, 0.717) is 12.0 Å². The molecule has 0 radical (unpaired) electrons. The van der Waals surface area contributed by atoms with Gasteiger partial charge in [0.15, 0.2) is 0 Å². The van der Waals surface area contributed by atoms with Gasteiger partial charge in [0.25, 0.3) is 0 Å². The van der Waals surface area contributed by atoms with Crippen LogP contribution in [0.3, 0.4) is 0 Å². The molecule has 2 unspecified atom stereocenters. The highest BCUT2D eigenvalue weighted by atomic mass is 19.1. The lowest BCUT2D eigenvalue weighted by atomic mass is 9.90. The molecule has 0 saturated carbocycles. The molecular formula is C17H27FN2. The summed E-state index contributed by atoms with van der Waals surface area (Å²) in [6, 6.07) is 7.50. The van der Waals surface area contributed by atoms with Crippen molar-refractivity contribution in [1.82, 2.24) is 10.2 Å². The van der Waals surface area contributed by atoms with Crippen LogP contribution in [0.25, 0.3) is 0 Å². The van der Waals surface area contributed by atoms with Gasteiger partial charge in [0.05, 0.1) is 0 Å². The molecule has 2 nitrogen and oxygen atoms in total. The van der Waals surface area contributed by atoms with Crippen molar-refractivity contribution in [2.45, 2.75) is 52.2 Å². The molecule has 1 heterocycles. The molecule has 20 heavy (non-hydrogen) atoms. The molecule has 0 aromatic heterocycles. The molecule has 1 aromatic rings. The van der Waals surface area contributed by atoms with Crippen molar-refractivity contribution in [2.24, 2.45) is 5.92 Å². The smallest absolute Gasteiger partial charge is 0.123 e. The van der Waals surface area contributed by atoms with Crippen molar-refractivity contribution < 1.29 is 4.39 Å². The molecule has 0 aliphatic carbocycles. The molecule has 0 amide bonds. The first-order valence-corrected chi connectivity index (χ1v) is 7.65. The molecule has 1 aromatic carbocycles. The molecule has 0 bridgehead atoms. The standard InChI is InChI=1S/C17H27FN2/c1-5-13(2)16-11-20(17(3,4)12-19-16)10-14-7-6-8-15(18)9-14/h6-9,13,16,19H,5,10-12H2,1-4H3. The van der Waals surface area contributed by atoms with Crippen molar-refractivity contribution in [3.63, 3.8) is 0 Å². The molecule has 1 fully saturated rings. The predicted molar refractivity (Wildman–Crippen MR) is 82.1 cm³/mol. The fourth-order valence-corrected chi connectivity index (χ4v) is 2.84. The van der Waals surface area contributed by atoms with Gasteiger partial charge in [-0.1, -0.05) is 32.4 Å². The number of benzene rings is 1. The van der Waals surface area contributed by atoms with Gasteiger partial charge in [-0.2, -0.15) is 0 Å². The van der Waals surface area contributed by atoms with Gasteiger partial charge in [-0.15, -0.1) is 0 Å². The average Bonchev–Trinajstić information content (AvgIpc) is 2.40. The molecule has 112 valence electrons.